The molecule has 4 aromatic rings. The number of nitrogens with one attached hydrogen (secondary N) is 2. The van der Waals surface area contributed by atoms with Crippen LogP contribution >= 0.6 is 0 Å². The van der Waals surface area contributed by atoms with Crippen LogP contribution in [0.15, 0.2) is 67.0 Å². The Morgan fingerprint density at radius 3 is 2.47 bits per heavy atom. The first-order valence-electron chi connectivity index (χ1n) is 13.1. The molecule has 184 valence electrons. The third-order valence-electron chi connectivity index (χ3n) is 7.09. The van der Waals surface area contributed by atoms with E-state index >= 15 is 0 Å². The smallest absolute Gasteiger partial charge is 0.251 e. The summed E-state index contributed by atoms with van der Waals surface area (Å²) in [7, 11) is 0. The summed E-state index contributed by atoms with van der Waals surface area (Å²) in [5.41, 5.74) is 5.42. The Morgan fingerprint density at radius 1 is 0.944 bits per heavy atom. The molecule has 7 heteroatoms. The van der Waals surface area contributed by atoms with E-state index in [4.69, 9.17) is 9.97 Å². The van der Waals surface area contributed by atoms with Gasteiger partial charge in [0.25, 0.3) is 5.91 Å². The standard InChI is InChI=1S/C29H32N6O/c36-29(32-24-13-14-24)23-11-9-22(10-12-23)26-19-31-28-27(30-15-18-34-16-5-2-6-17-34)33-25(20-35(26)28)21-7-3-1-4-8-21/h1,3-4,7-12,19-20,24H,2,5-6,13-18H2,(H,30,33)(H,32,36). The molecule has 36 heavy (non-hydrogen) atoms. The third kappa shape index (κ3) is 4.97. The molecule has 2 fully saturated rings. The molecule has 2 N–H and O–H groups in total. The van der Waals surface area contributed by atoms with Crippen molar-refractivity contribution in [3.05, 3.63) is 72.6 Å². The number of nitrogens with zero attached hydrogens (tertiary/aromatic N) is 4. The van der Waals surface area contributed by atoms with Crippen molar-refractivity contribution in [1.29, 1.82) is 0 Å². The number of imidazole rings is 1. The molecule has 1 saturated carbocycles. The maximum absolute atomic E-state index is 12.4. The van der Waals surface area contributed by atoms with E-state index in [1.807, 2.05) is 48.7 Å². The zero-order valence-corrected chi connectivity index (χ0v) is 20.5. The van der Waals surface area contributed by atoms with E-state index in [-0.39, 0.29) is 5.91 Å². The summed E-state index contributed by atoms with van der Waals surface area (Å²) >= 11 is 0. The van der Waals surface area contributed by atoms with Crippen LogP contribution in [-0.2, 0) is 0 Å². The van der Waals surface area contributed by atoms with E-state index in [9.17, 15) is 4.79 Å². The van der Waals surface area contributed by atoms with Crippen LogP contribution in [-0.4, -0.2) is 57.4 Å². The van der Waals surface area contributed by atoms with Gasteiger partial charge >= 0.3 is 0 Å². The Hall–Kier alpha value is -3.71. The van der Waals surface area contributed by atoms with Gasteiger partial charge in [-0.2, -0.15) is 0 Å². The number of carbonyl (C=O) groups excluding carboxylic acids is 1. The fourth-order valence-corrected chi connectivity index (χ4v) is 4.87. The summed E-state index contributed by atoms with van der Waals surface area (Å²) in [6.45, 7) is 4.18. The minimum Gasteiger partial charge on any atom is -0.366 e. The van der Waals surface area contributed by atoms with Crippen molar-refractivity contribution in [2.75, 3.05) is 31.5 Å². The number of piperidine rings is 1. The molecule has 0 radical (unpaired) electrons. The zero-order valence-electron chi connectivity index (χ0n) is 20.5. The largest absolute Gasteiger partial charge is 0.366 e. The number of fused-ring (bicyclic) bond motifs is 1. The highest BCUT2D eigenvalue weighted by atomic mass is 16.1. The molecule has 0 atom stereocenters. The first-order chi connectivity index (χ1) is 17.7. The molecule has 2 aromatic carbocycles. The Bertz CT molecular complexity index is 1340. The van der Waals surface area contributed by atoms with Crippen LogP contribution < -0.4 is 10.6 Å². The molecule has 7 nitrogen and oxygen atoms in total. The predicted molar refractivity (Wildman–Crippen MR) is 143 cm³/mol. The quantitative estimate of drug-likeness (QED) is 0.377. The first kappa shape index (κ1) is 22.7. The SMILES string of the molecule is O=C(NC1CC1)c1ccc(-c2cnc3c(NCCN4CCCCC4)nc(-c4ccccc4)cn23)cc1. The number of benzene rings is 2. The van der Waals surface area contributed by atoms with Crippen molar-refractivity contribution in [3.63, 3.8) is 0 Å². The minimum absolute atomic E-state index is 0.00190. The summed E-state index contributed by atoms with van der Waals surface area (Å²) in [6.07, 6.45) is 10.0. The average Bonchev–Trinajstić information content (AvgIpc) is 3.64. The van der Waals surface area contributed by atoms with Gasteiger partial charge in [-0.25, -0.2) is 9.97 Å². The number of rotatable bonds is 8. The molecule has 0 spiro atoms. The van der Waals surface area contributed by atoms with E-state index in [2.05, 4.69) is 38.3 Å². The van der Waals surface area contributed by atoms with Gasteiger partial charge in [-0.05, 0) is 50.9 Å². The van der Waals surface area contributed by atoms with Crippen LogP contribution in [0.1, 0.15) is 42.5 Å². The highest BCUT2D eigenvalue weighted by Gasteiger charge is 2.24. The summed E-state index contributed by atoms with van der Waals surface area (Å²) in [6, 6.07) is 18.4. The molecule has 3 heterocycles. The maximum atomic E-state index is 12.4. The molecule has 1 aliphatic heterocycles. The first-order valence-corrected chi connectivity index (χ1v) is 13.1. The number of likely N-dealkylation sites (tertiary alicyclic amines) is 1. The number of anilines is 1. The van der Waals surface area contributed by atoms with Crippen molar-refractivity contribution in [2.45, 2.75) is 38.1 Å². The van der Waals surface area contributed by atoms with Gasteiger partial charge in [0.1, 0.15) is 0 Å². The Balaban J connectivity index is 1.30. The topological polar surface area (TPSA) is 74.6 Å². The van der Waals surface area contributed by atoms with E-state index in [1.54, 1.807) is 0 Å². The van der Waals surface area contributed by atoms with Crippen LogP contribution in [0.4, 0.5) is 5.82 Å². The number of carbonyl (C=O) groups is 1. The summed E-state index contributed by atoms with van der Waals surface area (Å²) < 4.78 is 2.11. The van der Waals surface area contributed by atoms with Gasteiger partial charge in [-0.3, -0.25) is 9.20 Å². The second kappa shape index (κ2) is 10.1. The van der Waals surface area contributed by atoms with Crippen LogP contribution in [0.5, 0.6) is 0 Å². The molecule has 1 amide bonds. The number of hydrogen-bond donors (Lipinski definition) is 2. The van der Waals surface area contributed by atoms with Crippen molar-refractivity contribution < 1.29 is 4.79 Å². The number of hydrogen-bond acceptors (Lipinski definition) is 5. The molecule has 0 unspecified atom stereocenters. The lowest BCUT2D eigenvalue weighted by Crippen LogP contribution is -2.33. The monoisotopic (exact) mass is 480 g/mol. The minimum atomic E-state index is -0.00190. The lowest BCUT2D eigenvalue weighted by atomic mass is 10.1. The van der Waals surface area contributed by atoms with E-state index < -0.39 is 0 Å². The van der Waals surface area contributed by atoms with Crippen molar-refractivity contribution in [2.24, 2.45) is 0 Å². The Kier molecular flexibility index (Phi) is 6.38. The van der Waals surface area contributed by atoms with E-state index in [0.717, 1.165) is 59.9 Å². The van der Waals surface area contributed by atoms with Crippen LogP contribution in [0.2, 0.25) is 0 Å². The lowest BCUT2D eigenvalue weighted by molar-refractivity contribution is 0.0951. The van der Waals surface area contributed by atoms with Crippen LogP contribution in [0.3, 0.4) is 0 Å². The molecule has 2 aromatic heterocycles. The van der Waals surface area contributed by atoms with Gasteiger partial charge in [0.05, 0.1) is 17.6 Å². The molecule has 0 bridgehead atoms. The third-order valence-corrected chi connectivity index (χ3v) is 7.09. The molecule has 2 aliphatic rings. The van der Waals surface area contributed by atoms with Gasteiger partial charge in [0.15, 0.2) is 11.5 Å². The van der Waals surface area contributed by atoms with Gasteiger partial charge in [0, 0.05) is 42.0 Å². The second-order valence-electron chi connectivity index (χ2n) is 9.83. The number of aromatic nitrogens is 3. The second-order valence-corrected chi connectivity index (χ2v) is 9.83. The van der Waals surface area contributed by atoms with E-state index in [0.29, 0.717) is 11.6 Å². The Morgan fingerprint density at radius 2 is 1.72 bits per heavy atom. The van der Waals surface area contributed by atoms with Gasteiger partial charge in [-0.15, -0.1) is 0 Å². The summed E-state index contributed by atoms with van der Waals surface area (Å²) in [5.74, 6) is 0.790. The van der Waals surface area contributed by atoms with Crippen molar-refractivity contribution in [1.82, 2.24) is 24.6 Å². The van der Waals surface area contributed by atoms with Crippen LogP contribution in [0, 0.1) is 0 Å². The lowest BCUT2D eigenvalue weighted by Gasteiger charge is -2.26. The average molecular weight is 481 g/mol. The van der Waals surface area contributed by atoms with Crippen molar-refractivity contribution in [3.8, 4) is 22.5 Å². The Labute approximate surface area is 211 Å². The predicted octanol–water partition coefficient (Wildman–Crippen LogP) is 4.85. The molecular formula is C29H32N6O. The normalized spacial score (nSPS) is 16.2. The summed E-state index contributed by atoms with van der Waals surface area (Å²) in [4.78, 5) is 24.6. The molecule has 1 aliphatic carbocycles. The van der Waals surface area contributed by atoms with Gasteiger partial charge in [-0.1, -0.05) is 48.9 Å². The van der Waals surface area contributed by atoms with Crippen LogP contribution in [0.25, 0.3) is 28.2 Å². The molecule has 6 rings (SSSR count). The highest BCUT2D eigenvalue weighted by molar-refractivity contribution is 5.95. The fourth-order valence-electron chi connectivity index (χ4n) is 4.87. The highest BCUT2D eigenvalue weighted by Crippen LogP contribution is 2.28. The summed E-state index contributed by atoms with van der Waals surface area (Å²) in [5, 5.41) is 6.62. The zero-order chi connectivity index (χ0) is 24.3. The molecular weight excluding hydrogens is 448 g/mol. The molecule has 1 saturated heterocycles. The van der Waals surface area contributed by atoms with E-state index in [1.165, 1.54) is 32.4 Å². The van der Waals surface area contributed by atoms with Gasteiger partial charge in [0.2, 0.25) is 0 Å². The maximum Gasteiger partial charge on any atom is 0.251 e. The van der Waals surface area contributed by atoms with Crippen molar-refractivity contribution >= 4 is 17.4 Å². The van der Waals surface area contributed by atoms with Gasteiger partial charge < -0.3 is 15.5 Å². The fraction of sp³-hybridized carbons (Fsp3) is 0.345. The number of amides is 1.